The van der Waals surface area contributed by atoms with Gasteiger partial charge in [-0.1, -0.05) is 20.8 Å². The Morgan fingerprint density at radius 3 is 2.21 bits per heavy atom. The Hall–Kier alpha value is -0.120. The van der Waals surface area contributed by atoms with Crippen molar-refractivity contribution in [1.82, 2.24) is 9.80 Å². The van der Waals surface area contributed by atoms with Crippen LogP contribution in [0.25, 0.3) is 0 Å². The number of likely N-dealkylation sites (N-methyl/N-ethyl adjacent to an activating group) is 1. The molecule has 2 aliphatic rings. The molecule has 0 saturated carbocycles. The van der Waals surface area contributed by atoms with Gasteiger partial charge in [0.15, 0.2) is 0 Å². The highest BCUT2D eigenvalue weighted by atomic mass is 16.5. The van der Waals surface area contributed by atoms with Crippen molar-refractivity contribution in [3.8, 4) is 0 Å². The lowest BCUT2D eigenvalue weighted by Gasteiger charge is -2.46. The molecule has 2 heterocycles. The summed E-state index contributed by atoms with van der Waals surface area (Å²) in [7, 11) is 0. The van der Waals surface area contributed by atoms with E-state index in [0.29, 0.717) is 0 Å². The summed E-state index contributed by atoms with van der Waals surface area (Å²) >= 11 is 0. The van der Waals surface area contributed by atoms with Gasteiger partial charge >= 0.3 is 0 Å². The molecule has 0 aromatic carbocycles. The second-order valence-electron chi connectivity index (χ2n) is 3.65. The van der Waals surface area contributed by atoms with Crippen molar-refractivity contribution in [1.29, 1.82) is 0 Å². The van der Waals surface area contributed by atoms with Gasteiger partial charge in [-0.15, -0.1) is 0 Å². The van der Waals surface area contributed by atoms with Crippen LogP contribution >= 0.6 is 0 Å². The summed E-state index contributed by atoms with van der Waals surface area (Å²) in [6.07, 6.45) is 0. The topological polar surface area (TPSA) is 15.7 Å². The number of likely N-dealkylation sites (tertiary alicyclic amines) is 1. The molecule has 3 heteroatoms. The lowest BCUT2D eigenvalue weighted by Crippen LogP contribution is -2.61. The van der Waals surface area contributed by atoms with Gasteiger partial charge in [0.1, 0.15) is 0 Å². The molecule has 0 N–H and O–H groups in total. The van der Waals surface area contributed by atoms with E-state index in [1.807, 2.05) is 13.8 Å². The standard InChI is InChI=1S/C9H18N2O.C2H6/c1-2-10-7-9(8-10)11-3-5-12-6-4-11;1-2/h9H,2-8H2,1H3;1-2H3. The van der Waals surface area contributed by atoms with E-state index < -0.39 is 0 Å². The maximum atomic E-state index is 5.32. The second-order valence-corrected chi connectivity index (χ2v) is 3.65. The Labute approximate surface area is 88.0 Å². The van der Waals surface area contributed by atoms with Crippen molar-refractivity contribution in [3.63, 3.8) is 0 Å². The lowest BCUT2D eigenvalue weighted by atomic mass is 10.1. The molecule has 84 valence electrons. The van der Waals surface area contributed by atoms with Crippen LogP contribution in [0.4, 0.5) is 0 Å². The third kappa shape index (κ3) is 2.94. The molecule has 3 nitrogen and oxygen atoms in total. The van der Waals surface area contributed by atoms with Crippen LogP contribution in [0.1, 0.15) is 20.8 Å². The summed E-state index contributed by atoms with van der Waals surface area (Å²) in [6.45, 7) is 14.1. The summed E-state index contributed by atoms with van der Waals surface area (Å²) in [4.78, 5) is 5.05. The van der Waals surface area contributed by atoms with Gasteiger partial charge in [0.2, 0.25) is 0 Å². The number of ether oxygens (including phenoxy) is 1. The molecule has 14 heavy (non-hydrogen) atoms. The average Bonchev–Trinajstić information content (AvgIpc) is 2.21. The molecule has 2 aliphatic heterocycles. The zero-order valence-electron chi connectivity index (χ0n) is 9.83. The first-order chi connectivity index (χ1) is 6.90. The van der Waals surface area contributed by atoms with Crippen molar-refractivity contribution in [2.45, 2.75) is 26.8 Å². The van der Waals surface area contributed by atoms with E-state index in [1.165, 1.54) is 19.6 Å². The minimum absolute atomic E-state index is 0.828. The first kappa shape index (κ1) is 12.0. The third-order valence-corrected chi connectivity index (χ3v) is 2.95. The van der Waals surface area contributed by atoms with Crippen LogP contribution in [0.5, 0.6) is 0 Å². The highest BCUT2D eigenvalue weighted by Gasteiger charge is 2.30. The minimum atomic E-state index is 0.828. The van der Waals surface area contributed by atoms with E-state index in [2.05, 4.69) is 16.7 Å². The molecule has 2 fully saturated rings. The lowest BCUT2D eigenvalue weighted by molar-refractivity contribution is -0.0304. The van der Waals surface area contributed by atoms with Crippen LogP contribution in [-0.2, 0) is 4.74 Å². The minimum Gasteiger partial charge on any atom is -0.379 e. The van der Waals surface area contributed by atoms with Gasteiger partial charge in [0.05, 0.1) is 13.2 Å². The maximum absolute atomic E-state index is 5.32. The molecule has 0 bridgehead atoms. The number of morpholine rings is 1. The fourth-order valence-electron chi connectivity index (χ4n) is 1.97. The van der Waals surface area contributed by atoms with Gasteiger partial charge < -0.3 is 9.64 Å². The number of hydrogen-bond acceptors (Lipinski definition) is 3. The van der Waals surface area contributed by atoms with Crippen LogP contribution in [0.15, 0.2) is 0 Å². The zero-order chi connectivity index (χ0) is 10.4. The molecule has 0 spiro atoms. The normalized spacial score (nSPS) is 25.1. The molecule has 2 saturated heterocycles. The fourth-order valence-corrected chi connectivity index (χ4v) is 1.97. The van der Waals surface area contributed by atoms with Gasteiger partial charge in [0, 0.05) is 32.2 Å². The van der Waals surface area contributed by atoms with Crippen LogP contribution in [0.3, 0.4) is 0 Å². The number of hydrogen-bond donors (Lipinski definition) is 0. The van der Waals surface area contributed by atoms with Gasteiger partial charge in [-0.3, -0.25) is 4.90 Å². The Bertz CT molecular complexity index is 140. The summed E-state index contributed by atoms with van der Waals surface area (Å²) < 4.78 is 5.32. The zero-order valence-corrected chi connectivity index (χ0v) is 9.83. The Kier molecular flexibility index (Phi) is 5.45. The van der Waals surface area contributed by atoms with Gasteiger partial charge in [-0.2, -0.15) is 0 Å². The van der Waals surface area contributed by atoms with Crippen molar-refractivity contribution in [3.05, 3.63) is 0 Å². The van der Waals surface area contributed by atoms with Gasteiger partial charge in [0.25, 0.3) is 0 Å². The molecule has 0 radical (unpaired) electrons. The van der Waals surface area contributed by atoms with E-state index in [-0.39, 0.29) is 0 Å². The molecule has 0 unspecified atom stereocenters. The first-order valence-electron chi connectivity index (χ1n) is 5.94. The third-order valence-electron chi connectivity index (χ3n) is 2.95. The fraction of sp³-hybridized carbons (Fsp3) is 1.00. The highest BCUT2D eigenvalue weighted by molar-refractivity contribution is 4.87. The summed E-state index contributed by atoms with van der Waals surface area (Å²) in [5.74, 6) is 0. The van der Waals surface area contributed by atoms with Crippen molar-refractivity contribution in [2.75, 3.05) is 45.9 Å². The van der Waals surface area contributed by atoms with Crippen LogP contribution in [0.2, 0.25) is 0 Å². The quantitative estimate of drug-likeness (QED) is 0.662. The highest BCUT2D eigenvalue weighted by Crippen LogP contribution is 2.15. The van der Waals surface area contributed by atoms with Gasteiger partial charge in [-0.05, 0) is 6.54 Å². The predicted molar refractivity (Wildman–Crippen MR) is 59.6 cm³/mol. The summed E-state index contributed by atoms with van der Waals surface area (Å²) in [5, 5.41) is 0. The molecular formula is C11H24N2O. The SMILES string of the molecule is CC.CCN1CC(N2CCOCC2)C1. The van der Waals surface area contributed by atoms with E-state index in [1.54, 1.807) is 0 Å². The molecule has 2 rings (SSSR count). The predicted octanol–water partition coefficient (Wildman–Crippen LogP) is 1.05. The van der Waals surface area contributed by atoms with E-state index >= 15 is 0 Å². The Balaban J connectivity index is 0.000000461. The van der Waals surface area contributed by atoms with Crippen LogP contribution < -0.4 is 0 Å². The molecule has 0 aromatic heterocycles. The number of rotatable bonds is 2. The molecule has 0 atom stereocenters. The summed E-state index contributed by atoms with van der Waals surface area (Å²) in [6, 6.07) is 0.828. The molecule has 0 amide bonds. The van der Waals surface area contributed by atoms with Crippen LogP contribution in [-0.4, -0.2) is 61.8 Å². The molecular weight excluding hydrogens is 176 g/mol. The number of nitrogens with zero attached hydrogens (tertiary/aromatic N) is 2. The molecule has 0 aromatic rings. The monoisotopic (exact) mass is 200 g/mol. The smallest absolute Gasteiger partial charge is 0.0594 e. The molecule has 0 aliphatic carbocycles. The van der Waals surface area contributed by atoms with E-state index in [4.69, 9.17) is 4.74 Å². The van der Waals surface area contributed by atoms with Gasteiger partial charge in [-0.25, -0.2) is 0 Å². The summed E-state index contributed by atoms with van der Waals surface area (Å²) in [5.41, 5.74) is 0. The largest absolute Gasteiger partial charge is 0.379 e. The van der Waals surface area contributed by atoms with E-state index in [9.17, 15) is 0 Å². The second kappa shape index (κ2) is 6.38. The Morgan fingerprint density at radius 2 is 1.71 bits per heavy atom. The average molecular weight is 200 g/mol. The van der Waals surface area contributed by atoms with Crippen molar-refractivity contribution in [2.24, 2.45) is 0 Å². The van der Waals surface area contributed by atoms with Crippen LogP contribution in [0, 0.1) is 0 Å². The maximum Gasteiger partial charge on any atom is 0.0594 e. The van der Waals surface area contributed by atoms with E-state index in [0.717, 1.165) is 32.3 Å². The van der Waals surface area contributed by atoms with Crippen molar-refractivity contribution >= 4 is 0 Å². The Morgan fingerprint density at radius 1 is 1.14 bits per heavy atom. The first-order valence-corrected chi connectivity index (χ1v) is 5.94. The van der Waals surface area contributed by atoms with Crippen molar-refractivity contribution < 1.29 is 4.74 Å².